The minimum absolute atomic E-state index is 0.000804. The second-order valence-electron chi connectivity index (χ2n) is 3.41. The van der Waals surface area contributed by atoms with E-state index >= 15 is 0 Å². The maximum absolute atomic E-state index is 9.18. The highest BCUT2D eigenvalue weighted by atomic mass is 16.7. The summed E-state index contributed by atoms with van der Waals surface area (Å²) in [5, 5.41) is 17.6. The number of aliphatic hydroxyl groups is 2. The molecule has 0 aromatic rings. The summed E-state index contributed by atoms with van der Waals surface area (Å²) < 4.78 is 20.3. The van der Waals surface area contributed by atoms with Crippen molar-refractivity contribution in [1.82, 2.24) is 0 Å². The molecule has 0 saturated carbocycles. The highest BCUT2D eigenvalue weighted by molar-refractivity contribution is 4.47. The van der Waals surface area contributed by atoms with Crippen molar-refractivity contribution in [3.63, 3.8) is 0 Å². The molecule has 2 N–H and O–H groups in total. The Morgan fingerprint density at radius 2 is 1.47 bits per heavy atom. The Kier molecular flexibility index (Phi) is 13.6. The molecule has 0 heterocycles. The summed E-state index contributed by atoms with van der Waals surface area (Å²) in [6.07, 6.45) is 0.310. The summed E-state index contributed by atoms with van der Waals surface area (Å²) in [7, 11) is 0. The van der Waals surface area contributed by atoms with E-state index in [1.54, 1.807) is 0 Å². The van der Waals surface area contributed by atoms with Gasteiger partial charge in [-0.15, -0.1) is 0 Å². The molecule has 0 aromatic carbocycles. The molecular formula is C11H24O6. The Morgan fingerprint density at radius 1 is 0.882 bits per heavy atom. The highest BCUT2D eigenvalue weighted by Crippen LogP contribution is 1.90. The maximum atomic E-state index is 9.18. The summed E-state index contributed by atoms with van der Waals surface area (Å²) in [5.41, 5.74) is 0. The maximum Gasteiger partial charge on any atom is 0.146 e. The van der Waals surface area contributed by atoms with Crippen LogP contribution in [0.15, 0.2) is 0 Å². The fourth-order valence-electron chi connectivity index (χ4n) is 0.916. The lowest BCUT2D eigenvalue weighted by molar-refractivity contribution is -0.0795. The molecule has 104 valence electrons. The molecular weight excluding hydrogens is 228 g/mol. The van der Waals surface area contributed by atoms with Crippen molar-refractivity contribution in [2.24, 2.45) is 0 Å². The van der Waals surface area contributed by atoms with Crippen LogP contribution in [0.25, 0.3) is 0 Å². The Labute approximate surface area is 102 Å². The SMILES string of the molecule is CCC(O)COCCOCCOCOCCO. The first-order chi connectivity index (χ1) is 8.31. The molecule has 0 amide bonds. The molecule has 1 unspecified atom stereocenters. The average Bonchev–Trinajstić information content (AvgIpc) is 2.35. The van der Waals surface area contributed by atoms with E-state index in [0.29, 0.717) is 39.5 Å². The van der Waals surface area contributed by atoms with E-state index in [4.69, 9.17) is 24.1 Å². The van der Waals surface area contributed by atoms with Gasteiger partial charge < -0.3 is 29.2 Å². The number of rotatable bonds is 13. The number of hydrogen-bond acceptors (Lipinski definition) is 6. The van der Waals surface area contributed by atoms with Crippen LogP contribution >= 0.6 is 0 Å². The zero-order chi connectivity index (χ0) is 12.8. The van der Waals surface area contributed by atoms with Crippen LogP contribution in [0.3, 0.4) is 0 Å². The standard InChI is InChI=1S/C11H24O6/c1-2-11(13)9-15-7-5-14-6-8-17-10-16-4-3-12/h11-13H,2-10H2,1H3. The van der Waals surface area contributed by atoms with E-state index in [-0.39, 0.29) is 26.1 Å². The van der Waals surface area contributed by atoms with Crippen LogP contribution < -0.4 is 0 Å². The molecule has 0 saturated heterocycles. The van der Waals surface area contributed by atoms with Gasteiger partial charge in [0.25, 0.3) is 0 Å². The third-order valence-corrected chi connectivity index (χ3v) is 1.93. The average molecular weight is 252 g/mol. The summed E-state index contributed by atoms with van der Waals surface area (Å²) in [5.74, 6) is 0. The van der Waals surface area contributed by atoms with Crippen LogP contribution in [-0.2, 0) is 18.9 Å². The third-order valence-electron chi connectivity index (χ3n) is 1.93. The van der Waals surface area contributed by atoms with Gasteiger partial charge in [0.15, 0.2) is 0 Å². The molecule has 0 rings (SSSR count). The second kappa shape index (κ2) is 13.8. The van der Waals surface area contributed by atoms with E-state index < -0.39 is 0 Å². The molecule has 0 fully saturated rings. The predicted octanol–water partition coefficient (Wildman–Crippen LogP) is -0.226. The van der Waals surface area contributed by atoms with Crippen molar-refractivity contribution in [3.05, 3.63) is 0 Å². The lowest BCUT2D eigenvalue weighted by atomic mass is 10.3. The van der Waals surface area contributed by atoms with E-state index in [0.717, 1.165) is 0 Å². The van der Waals surface area contributed by atoms with Gasteiger partial charge in [0, 0.05) is 0 Å². The zero-order valence-electron chi connectivity index (χ0n) is 10.5. The molecule has 0 aromatic heterocycles. The minimum atomic E-state index is -0.387. The van der Waals surface area contributed by atoms with Crippen molar-refractivity contribution in [2.75, 3.05) is 53.0 Å². The van der Waals surface area contributed by atoms with Crippen LogP contribution in [0.4, 0.5) is 0 Å². The van der Waals surface area contributed by atoms with E-state index in [1.807, 2.05) is 6.92 Å². The summed E-state index contributed by atoms with van der Waals surface area (Å²) in [6.45, 7) is 4.59. The van der Waals surface area contributed by atoms with Crippen LogP contribution in [0, 0.1) is 0 Å². The highest BCUT2D eigenvalue weighted by Gasteiger charge is 1.99. The molecule has 0 aliphatic rings. The summed E-state index contributed by atoms with van der Waals surface area (Å²) >= 11 is 0. The van der Waals surface area contributed by atoms with Gasteiger partial charge in [0.05, 0.1) is 52.4 Å². The van der Waals surface area contributed by atoms with E-state index in [2.05, 4.69) is 0 Å². The molecule has 1 atom stereocenters. The van der Waals surface area contributed by atoms with Gasteiger partial charge in [-0.3, -0.25) is 0 Å². The molecule has 0 aliphatic heterocycles. The number of aliphatic hydroxyl groups excluding tert-OH is 2. The normalized spacial score (nSPS) is 12.9. The van der Waals surface area contributed by atoms with Crippen molar-refractivity contribution in [1.29, 1.82) is 0 Å². The molecule has 0 spiro atoms. The van der Waals surface area contributed by atoms with Crippen LogP contribution in [-0.4, -0.2) is 69.4 Å². The molecule has 0 radical (unpaired) electrons. The molecule has 0 bridgehead atoms. The smallest absolute Gasteiger partial charge is 0.146 e. The summed E-state index contributed by atoms with van der Waals surface area (Å²) in [6, 6.07) is 0. The quantitative estimate of drug-likeness (QED) is 0.348. The van der Waals surface area contributed by atoms with Gasteiger partial charge in [0.1, 0.15) is 6.79 Å². The van der Waals surface area contributed by atoms with Gasteiger partial charge in [-0.2, -0.15) is 0 Å². The fraction of sp³-hybridized carbons (Fsp3) is 1.00. The van der Waals surface area contributed by atoms with Gasteiger partial charge in [-0.05, 0) is 6.42 Å². The Bertz CT molecular complexity index is 144. The van der Waals surface area contributed by atoms with E-state index in [9.17, 15) is 5.11 Å². The molecule has 17 heavy (non-hydrogen) atoms. The fourth-order valence-corrected chi connectivity index (χ4v) is 0.916. The first-order valence-corrected chi connectivity index (χ1v) is 5.91. The van der Waals surface area contributed by atoms with Crippen LogP contribution in [0.5, 0.6) is 0 Å². The van der Waals surface area contributed by atoms with Crippen LogP contribution in [0.2, 0.25) is 0 Å². The lowest BCUT2D eigenvalue weighted by Gasteiger charge is -2.09. The van der Waals surface area contributed by atoms with Crippen molar-refractivity contribution < 1.29 is 29.2 Å². The first-order valence-electron chi connectivity index (χ1n) is 5.91. The van der Waals surface area contributed by atoms with Crippen LogP contribution in [0.1, 0.15) is 13.3 Å². The Hall–Kier alpha value is -0.240. The van der Waals surface area contributed by atoms with Crippen molar-refractivity contribution in [2.45, 2.75) is 19.4 Å². The summed E-state index contributed by atoms with van der Waals surface area (Å²) in [4.78, 5) is 0. The number of hydrogen-bond donors (Lipinski definition) is 2. The Balaban J connectivity index is 2.94. The molecule has 6 heteroatoms. The monoisotopic (exact) mass is 252 g/mol. The number of ether oxygens (including phenoxy) is 4. The lowest BCUT2D eigenvalue weighted by Crippen LogP contribution is -2.17. The first kappa shape index (κ1) is 16.8. The third kappa shape index (κ3) is 13.7. The Morgan fingerprint density at radius 3 is 2.12 bits per heavy atom. The molecule has 0 aliphatic carbocycles. The van der Waals surface area contributed by atoms with Crippen molar-refractivity contribution >= 4 is 0 Å². The van der Waals surface area contributed by atoms with Gasteiger partial charge >= 0.3 is 0 Å². The minimum Gasteiger partial charge on any atom is -0.394 e. The molecule has 6 nitrogen and oxygen atoms in total. The predicted molar refractivity (Wildman–Crippen MR) is 61.8 cm³/mol. The largest absolute Gasteiger partial charge is 0.394 e. The van der Waals surface area contributed by atoms with E-state index in [1.165, 1.54) is 0 Å². The van der Waals surface area contributed by atoms with Crippen molar-refractivity contribution in [3.8, 4) is 0 Å². The van der Waals surface area contributed by atoms with Gasteiger partial charge in [0.2, 0.25) is 0 Å². The second-order valence-corrected chi connectivity index (χ2v) is 3.41. The van der Waals surface area contributed by atoms with Gasteiger partial charge in [-0.1, -0.05) is 6.92 Å². The zero-order valence-corrected chi connectivity index (χ0v) is 10.5. The topological polar surface area (TPSA) is 77.4 Å². The van der Waals surface area contributed by atoms with Gasteiger partial charge in [-0.25, -0.2) is 0 Å².